The van der Waals surface area contributed by atoms with Crippen LogP contribution in [0.2, 0.25) is 0 Å². The Balaban J connectivity index is 2.34. The first-order valence-electron chi connectivity index (χ1n) is 7.36. The lowest BCUT2D eigenvalue weighted by atomic mass is 9.93. The molecule has 1 aliphatic carbocycles. The first-order chi connectivity index (χ1) is 12.5. The molecule has 1 aliphatic rings. The van der Waals surface area contributed by atoms with Gasteiger partial charge < -0.3 is 4.42 Å². The van der Waals surface area contributed by atoms with Gasteiger partial charge in [-0.25, -0.2) is 27.3 Å². The summed E-state index contributed by atoms with van der Waals surface area (Å²) in [6, 6.07) is 2.20. The van der Waals surface area contributed by atoms with Crippen LogP contribution in [0.4, 0.5) is 22.0 Å². The van der Waals surface area contributed by atoms with Gasteiger partial charge in [-0.05, 0) is 24.6 Å². The van der Waals surface area contributed by atoms with Gasteiger partial charge in [0, 0.05) is 5.56 Å². The molecular weight excluding hydrogens is 395 g/mol. The normalized spacial score (nSPS) is 20.2. The highest BCUT2D eigenvalue weighted by Crippen LogP contribution is 2.44. The minimum absolute atomic E-state index is 0.317. The highest BCUT2D eigenvalue weighted by molar-refractivity contribution is 7.90. The Bertz CT molecular complexity index is 1060. The van der Waals surface area contributed by atoms with E-state index in [4.69, 9.17) is 9.56 Å². The largest absolute Gasteiger partial charge is 0.468 e. The molecule has 0 radical (unpaired) electrons. The molecule has 0 saturated heterocycles. The van der Waals surface area contributed by atoms with Crippen LogP contribution in [0.15, 0.2) is 46.9 Å². The van der Waals surface area contributed by atoms with E-state index in [1.807, 2.05) is 0 Å². The van der Waals surface area contributed by atoms with Crippen LogP contribution in [0.1, 0.15) is 18.0 Å². The fourth-order valence-electron chi connectivity index (χ4n) is 2.68. The third-order valence-corrected chi connectivity index (χ3v) is 5.51. The van der Waals surface area contributed by atoms with E-state index in [1.54, 1.807) is 0 Å². The zero-order chi connectivity index (χ0) is 20.0. The van der Waals surface area contributed by atoms with Crippen molar-refractivity contribution >= 4 is 10.0 Å². The molecule has 0 spiro atoms. The van der Waals surface area contributed by atoms with Crippen LogP contribution >= 0.6 is 0 Å². The smallest absolute Gasteiger partial charge is 0.432 e. The molecule has 0 amide bonds. The minimum Gasteiger partial charge on any atom is -0.432 e. The molecule has 0 saturated carbocycles. The summed E-state index contributed by atoms with van der Waals surface area (Å²) in [6.45, 7) is 0. The summed E-state index contributed by atoms with van der Waals surface area (Å²) in [5, 5.41) is 5.29. The number of halogens is 5. The lowest BCUT2D eigenvalue weighted by Gasteiger charge is -2.27. The van der Waals surface area contributed by atoms with Crippen molar-refractivity contribution in [3.63, 3.8) is 0 Å². The van der Waals surface area contributed by atoms with E-state index in [9.17, 15) is 30.4 Å². The molecule has 27 heavy (non-hydrogen) atoms. The standard InChI is InChI=1S/C16H11F5N2O3S/c17-10-5-4-9(8-11(10)18)12-13(23-14(26-12)16(19,20)21)15(27(22,24)25)6-2-1-3-7-15/h1-6,8H,7H2,(H2,22,24,25). The number of hydrogen-bond donors (Lipinski definition) is 1. The summed E-state index contributed by atoms with van der Waals surface area (Å²) >= 11 is 0. The van der Waals surface area contributed by atoms with Crippen molar-refractivity contribution in [1.29, 1.82) is 0 Å². The van der Waals surface area contributed by atoms with Crippen molar-refractivity contribution < 1.29 is 34.8 Å². The van der Waals surface area contributed by atoms with Crippen LogP contribution in [0, 0.1) is 11.6 Å². The number of nitrogens with two attached hydrogens (primary N) is 1. The number of nitrogens with zero attached hydrogens (tertiary/aromatic N) is 1. The summed E-state index contributed by atoms with van der Waals surface area (Å²) < 4.78 is 93.3. The number of sulfonamides is 1. The number of alkyl halides is 3. The maximum absolute atomic E-state index is 13.6. The molecule has 144 valence electrons. The van der Waals surface area contributed by atoms with Crippen molar-refractivity contribution in [2.45, 2.75) is 17.3 Å². The molecule has 2 aromatic rings. The molecular formula is C16H11F5N2O3S. The SMILES string of the molecule is NS(=O)(=O)C1(c2nc(C(F)(F)F)oc2-c2ccc(F)c(F)c2)C=CC=CC1. The predicted molar refractivity (Wildman–Crippen MR) is 84.5 cm³/mol. The van der Waals surface area contributed by atoms with E-state index >= 15 is 0 Å². The maximum atomic E-state index is 13.6. The van der Waals surface area contributed by atoms with E-state index in [0.29, 0.717) is 12.1 Å². The van der Waals surface area contributed by atoms with Gasteiger partial charge >= 0.3 is 12.1 Å². The van der Waals surface area contributed by atoms with Gasteiger partial charge in [-0.15, -0.1) is 0 Å². The van der Waals surface area contributed by atoms with Crippen molar-refractivity contribution in [1.82, 2.24) is 4.98 Å². The van der Waals surface area contributed by atoms with Gasteiger partial charge in [0.1, 0.15) is 5.69 Å². The van der Waals surface area contributed by atoms with E-state index in [2.05, 4.69) is 4.98 Å². The number of oxazole rings is 1. The van der Waals surface area contributed by atoms with Gasteiger partial charge in [-0.1, -0.05) is 24.3 Å². The Morgan fingerprint density at radius 3 is 2.37 bits per heavy atom. The number of aromatic nitrogens is 1. The van der Waals surface area contributed by atoms with Crippen molar-refractivity contribution in [3.8, 4) is 11.3 Å². The first kappa shape index (κ1) is 19.2. The van der Waals surface area contributed by atoms with E-state index in [1.165, 1.54) is 18.2 Å². The van der Waals surface area contributed by atoms with Crippen LogP contribution in [-0.2, 0) is 20.9 Å². The second-order valence-electron chi connectivity index (χ2n) is 5.75. The Hall–Kier alpha value is -2.53. The Kier molecular flexibility index (Phi) is 4.47. The molecule has 5 nitrogen and oxygen atoms in total. The van der Waals surface area contributed by atoms with E-state index in [0.717, 1.165) is 12.1 Å². The zero-order valence-corrected chi connectivity index (χ0v) is 14.1. The number of allylic oxidation sites excluding steroid dienone is 3. The van der Waals surface area contributed by atoms with Gasteiger partial charge in [0.2, 0.25) is 10.0 Å². The summed E-state index contributed by atoms with van der Waals surface area (Å²) in [5.41, 5.74) is -0.984. The third-order valence-electron chi connectivity index (χ3n) is 3.99. The average Bonchev–Trinajstić information content (AvgIpc) is 3.03. The van der Waals surface area contributed by atoms with Crippen LogP contribution in [0.25, 0.3) is 11.3 Å². The highest BCUT2D eigenvalue weighted by Gasteiger charge is 2.49. The number of benzene rings is 1. The lowest BCUT2D eigenvalue weighted by molar-refractivity contribution is -0.156. The van der Waals surface area contributed by atoms with Gasteiger partial charge in [0.25, 0.3) is 0 Å². The minimum atomic E-state index is -5.04. The van der Waals surface area contributed by atoms with Crippen molar-refractivity contribution in [2.24, 2.45) is 5.14 Å². The number of rotatable bonds is 3. The third kappa shape index (κ3) is 3.28. The fourth-order valence-corrected chi connectivity index (χ4v) is 3.69. The molecule has 2 N–H and O–H groups in total. The van der Waals surface area contributed by atoms with E-state index in [-0.39, 0.29) is 12.0 Å². The fraction of sp³-hybridized carbons (Fsp3) is 0.188. The molecule has 1 aromatic heterocycles. The molecule has 1 atom stereocenters. The van der Waals surface area contributed by atoms with E-state index < -0.39 is 49.9 Å². The van der Waals surface area contributed by atoms with Crippen LogP contribution in [0.5, 0.6) is 0 Å². The molecule has 1 aromatic carbocycles. The zero-order valence-electron chi connectivity index (χ0n) is 13.3. The topological polar surface area (TPSA) is 86.2 Å². The summed E-state index contributed by atoms with van der Waals surface area (Å²) in [6.07, 6.45) is -0.149. The first-order valence-corrected chi connectivity index (χ1v) is 8.91. The molecule has 3 rings (SSSR count). The van der Waals surface area contributed by atoms with Crippen LogP contribution < -0.4 is 5.14 Å². The lowest BCUT2D eigenvalue weighted by Crippen LogP contribution is -2.40. The Morgan fingerprint density at radius 2 is 1.85 bits per heavy atom. The summed E-state index contributed by atoms with van der Waals surface area (Å²) in [7, 11) is -4.52. The van der Waals surface area contributed by atoms with Crippen LogP contribution in [0.3, 0.4) is 0 Å². The average molecular weight is 406 g/mol. The summed E-state index contributed by atoms with van der Waals surface area (Å²) in [4.78, 5) is 3.32. The molecule has 0 fully saturated rings. The molecule has 11 heteroatoms. The van der Waals surface area contributed by atoms with Gasteiger partial charge in [-0.3, -0.25) is 0 Å². The maximum Gasteiger partial charge on any atom is 0.468 e. The monoisotopic (exact) mass is 406 g/mol. The number of hydrogen-bond acceptors (Lipinski definition) is 4. The van der Waals surface area contributed by atoms with Crippen LogP contribution in [-0.4, -0.2) is 13.4 Å². The number of primary sulfonamides is 1. The second kappa shape index (κ2) is 6.27. The molecule has 1 unspecified atom stereocenters. The van der Waals surface area contributed by atoms with Crippen molar-refractivity contribution in [3.05, 3.63) is 65.7 Å². The molecule has 0 aliphatic heterocycles. The van der Waals surface area contributed by atoms with Gasteiger partial charge in [0.15, 0.2) is 22.1 Å². The second-order valence-corrected chi connectivity index (χ2v) is 7.57. The predicted octanol–water partition coefficient (Wildman–Crippen LogP) is 3.64. The molecule has 0 bridgehead atoms. The Morgan fingerprint density at radius 1 is 1.15 bits per heavy atom. The quantitative estimate of drug-likeness (QED) is 0.789. The molecule has 1 heterocycles. The van der Waals surface area contributed by atoms with Gasteiger partial charge in [0.05, 0.1) is 0 Å². The Labute approximate surface area is 150 Å². The summed E-state index contributed by atoms with van der Waals surface area (Å²) in [5.74, 6) is -5.00. The van der Waals surface area contributed by atoms with Crippen molar-refractivity contribution in [2.75, 3.05) is 0 Å². The highest BCUT2D eigenvalue weighted by atomic mass is 32.2. The van der Waals surface area contributed by atoms with Gasteiger partial charge in [-0.2, -0.15) is 13.2 Å².